The molecule has 2 aliphatic rings. The van der Waals surface area contributed by atoms with Crippen LogP contribution in [0.15, 0.2) is 146 Å². The van der Waals surface area contributed by atoms with Gasteiger partial charge in [0.1, 0.15) is 11.5 Å². The van der Waals surface area contributed by atoms with Crippen molar-refractivity contribution in [3.8, 4) is 17.2 Å². The van der Waals surface area contributed by atoms with Crippen molar-refractivity contribution in [2.45, 2.75) is 52.4 Å². The second-order valence-corrected chi connectivity index (χ2v) is 21.5. The second-order valence-electron chi connectivity index (χ2n) is 19.3. The predicted octanol–water partition coefficient (Wildman–Crippen LogP) is 13.9. The zero-order valence-electron chi connectivity index (χ0n) is 37.4. The minimum Gasteiger partial charge on any atom is -0.497 e. The van der Waals surface area contributed by atoms with Crippen LogP contribution < -0.4 is 34.3 Å². The van der Waals surface area contributed by atoms with E-state index in [2.05, 4.69) is 202 Å². The van der Waals surface area contributed by atoms with Crippen LogP contribution in [-0.2, 0) is 10.8 Å². The fourth-order valence-electron chi connectivity index (χ4n) is 10.3. The third-order valence-corrected chi connectivity index (χ3v) is 15.9. The van der Waals surface area contributed by atoms with E-state index in [4.69, 9.17) is 9.47 Å². The molecular formula is C56H48BN3O2S2. The standard InChI is InChI=1S/C56H48BN3O2S2/c1-55(2,3)33-17-21-35(22-18-33)59-46-29-37(58-44-15-11-9-13-40(44)41-14-10-12-16-45(41)58)30-47-50(46)57(53-51(59)42-31-38(61-7)25-27-48(42)63-53)54-52(43-32-39(62-8)26-28-49(43)64-54)60(47)36-23-19-34(20-24-36)56(4,5)6/h9-32H,1-8H3. The number of hydrogen-bond acceptors (Lipinski definition) is 6. The maximum Gasteiger partial charge on any atom is 0.277 e. The molecule has 7 aromatic carbocycles. The highest BCUT2D eigenvalue weighted by atomic mass is 32.1. The molecule has 0 radical (unpaired) electrons. The van der Waals surface area contributed by atoms with Crippen molar-refractivity contribution in [3.63, 3.8) is 0 Å². The number of thiophene rings is 2. The molecule has 64 heavy (non-hydrogen) atoms. The highest BCUT2D eigenvalue weighted by Crippen LogP contribution is 2.52. The van der Waals surface area contributed by atoms with Gasteiger partial charge in [0.25, 0.3) is 6.71 Å². The van der Waals surface area contributed by atoms with Crippen LogP contribution in [0.25, 0.3) is 47.7 Å². The van der Waals surface area contributed by atoms with E-state index in [0.29, 0.717) is 0 Å². The lowest BCUT2D eigenvalue weighted by Crippen LogP contribution is -2.59. The molecule has 0 fully saturated rings. The van der Waals surface area contributed by atoms with E-state index in [1.807, 2.05) is 22.7 Å². The molecule has 3 aromatic heterocycles. The maximum atomic E-state index is 5.96. The van der Waals surface area contributed by atoms with Gasteiger partial charge < -0.3 is 23.8 Å². The molecule has 0 aliphatic carbocycles. The van der Waals surface area contributed by atoms with Crippen molar-refractivity contribution in [1.29, 1.82) is 0 Å². The largest absolute Gasteiger partial charge is 0.497 e. The Bertz CT molecular complexity index is 3290. The van der Waals surface area contributed by atoms with Gasteiger partial charge in [-0.3, -0.25) is 0 Å². The number of ether oxygens (including phenoxy) is 2. The lowest BCUT2D eigenvalue weighted by atomic mass is 9.39. The van der Waals surface area contributed by atoms with Gasteiger partial charge in [-0.1, -0.05) is 102 Å². The monoisotopic (exact) mass is 869 g/mol. The van der Waals surface area contributed by atoms with E-state index in [0.717, 1.165) is 28.6 Å². The topological polar surface area (TPSA) is 29.9 Å². The predicted molar refractivity (Wildman–Crippen MR) is 276 cm³/mol. The van der Waals surface area contributed by atoms with Crippen molar-refractivity contribution in [2.75, 3.05) is 24.0 Å². The normalized spacial score (nSPS) is 13.5. The molecule has 10 aromatic rings. The molecule has 12 rings (SSSR count). The highest BCUT2D eigenvalue weighted by molar-refractivity contribution is 7.40. The SMILES string of the molecule is COc1ccc2sc3c(c2c1)N(c1ccc(C(C)(C)C)cc1)c1cc(-n2c4ccccc4c4ccccc42)cc2c1B3c1sc3ccc(OC)cc3c1N2c1ccc(C(C)(C)C)cc1. The Morgan fingerprint density at radius 2 is 0.875 bits per heavy atom. The smallest absolute Gasteiger partial charge is 0.277 e. The van der Waals surface area contributed by atoms with Gasteiger partial charge in [-0.25, -0.2) is 0 Å². The van der Waals surface area contributed by atoms with Gasteiger partial charge in [0.05, 0.1) is 42.3 Å². The van der Waals surface area contributed by atoms with E-state index < -0.39 is 0 Å². The molecule has 5 nitrogen and oxygen atoms in total. The molecular weight excluding hydrogens is 822 g/mol. The third kappa shape index (κ3) is 5.74. The van der Waals surface area contributed by atoms with Gasteiger partial charge in [0.2, 0.25) is 0 Å². The molecule has 0 saturated heterocycles. The zero-order valence-corrected chi connectivity index (χ0v) is 39.0. The molecule has 0 spiro atoms. The average molecular weight is 870 g/mol. The summed E-state index contributed by atoms with van der Waals surface area (Å²) in [6.45, 7) is 13.7. The van der Waals surface area contributed by atoms with Crippen LogP contribution in [0.1, 0.15) is 52.7 Å². The molecule has 0 saturated carbocycles. The summed E-state index contributed by atoms with van der Waals surface area (Å²) in [6.07, 6.45) is 0. The summed E-state index contributed by atoms with van der Waals surface area (Å²) >= 11 is 3.83. The van der Waals surface area contributed by atoms with E-state index in [-0.39, 0.29) is 17.5 Å². The average Bonchev–Trinajstić information content (AvgIpc) is 3.98. The van der Waals surface area contributed by atoms with Crippen LogP contribution in [0, 0.1) is 0 Å². The summed E-state index contributed by atoms with van der Waals surface area (Å²) in [6, 6.07) is 54.4. The maximum absolute atomic E-state index is 5.96. The minimum absolute atomic E-state index is 0.0119. The second kappa shape index (κ2) is 14.0. The number of nitrogens with zero attached hydrogens (tertiary/aromatic N) is 3. The Balaban J connectivity index is 1.25. The molecule has 314 valence electrons. The van der Waals surface area contributed by atoms with E-state index in [1.54, 1.807) is 14.2 Å². The lowest BCUT2D eigenvalue weighted by molar-refractivity contribution is 0.415. The van der Waals surface area contributed by atoms with Gasteiger partial charge in [0.15, 0.2) is 0 Å². The highest BCUT2D eigenvalue weighted by Gasteiger charge is 2.47. The summed E-state index contributed by atoms with van der Waals surface area (Å²) in [5, 5.41) is 4.86. The summed E-state index contributed by atoms with van der Waals surface area (Å²) in [5.41, 5.74) is 14.5. The first kappa shape index (κ1) is 39.1. The quantitative estimate of drug-likeness (QED) is 0.161. The van der Waals surface area contributed by atoms with Crippen molar-refractivity contribution >= 4 is 121 Å². The van der Waals surface area contributed by atoms with Crippen LogP contribution in [0.4, 0.5) is 34.1 Å². The van der Waals surface area contributed by atoms with Gasteiger partial charge in [-0.2, -0.15) is 0 Å². The van der Waals surface area contributed by atoms with Crippen molar-refractivity contribution in [1.82, 2.24) is 4.57 Å². The first-order valence-corrected chi connectivity index (χ1v) is 23.7. The summed E-state index contributed by atoms with van der Waals surface area (Å²) in [7, 11) is 3.54. The number of aromatic nitrogens is 1. The van der Waals surface area contributed by atoms with Crippen LogP contribution in [0.2, 0.25) is 0 Å². The molecule has 0 unspecified atom stereocenters. The fraction of sp³-hybridized carbons (Fsp3) is 0.179. The molecule has 0 atom stereocenters. The fourth-order valence-corrected chi connectivity index (χ4v) is 12.9. The Kier molecular flexibility index (Phi) is 8.57. The first-order valence-electron chi connectivity index (χ1n) is 22.1. The Morgan fingerprint density at radius 3 is 1.28 bits per heavy atom. The first-order chi connectivity index (χ1) is 30.9. The number of fused-ring (bicyclic) bond motifs is 11. The molecule has 0 N–H and O–H groups in total. The third-order valence-electron chi connectivity index (χ3n) is 13.5. The van der Waals surface area contributed by atoms with Crippen molar-refractivity contribution in [2.24, 2.45) is 0 Å². The number of benzene rings is 7. The van der Waals surface area contributed by atoms with E-state index in [9.17, 15) is 0 Å². The number of hydrogen-bond donors (Lipinski definition) is 0. The number of para-hydroxylation sites is 2. The number of methoxy groups -OCH3 is 2. The Morgan fingerprint density at radius 1 is 0.453 bits per heavy atom. The minimum atomic E-state index is -0.0239. The van der Waals surface area contributed by atoms with Crippen molar-refractivity contribution in [3.05, 3.63) is 157 Å². The van der Waals surface area contributed by atoms with E-state index >= 15 is 0 Å². The van der Waals surface area contributed by atoms with Gasteiger partial charge in [0, 0.05) is 63.2 Å². The number of anilines is 6. The number of rotatable bonds is 5. The Labute approximate surface area is 382 Å². The van der Waals surface area contributed by atoms with Gasteiger partial charge >= 0.3 is 0 Å². The Hall–Kier alpha value is -6.48. The van der Waals surface area contributed by atoms with Crippen LogP contribution in [0.5, 0.6) is 11.5 Å². The molecule has 5 heterocycles. The summed E-state index contributed by atoms with van der Waals surface area (Å²) in [4.78, 5) is 5.13. The van der Waals surface area contributed by atoms with Crippen LogP contribution in [-0.4, -0.2) is 25.5 Å². The van der Waals surface area contributed by atoms with E-state index in [1.165, 1.54) is 90.9 Å². The summed E-state index contributed by atoms with van der Waals surface area (Å²) < 4.78 is 19.5. The van der Waals surface area contributed by atoms with Crippen molar-refractivity contribution < 1.29 is 9.47 Å². The molecule has 0 amide bonds. The van der Waals surface area contributed by atoms with Crippen LogP contribution >= 0.6 is 22.7 Å². The molecule has 0 bridgehead atoms. The molecule has 8 heteroatoms. The zero-order chi connectivity index (χ0) is 43.8. The van der Waals surface area contributed by atoms with Crippen LogP contribution in [0.3, 0.4) is 0 Å². The van der Waals surface area contributed by atoms with Gasteiger partial charge in [-0.15, -0.1) is 22.7 Å². The lowest BCUT2D eigenvalue weighted by Gasteiger charge is -2.42. The molecule has 2 aliphatic heterocycles. The van der Waals surface area contributed by atoms with Gasteiger partial charge in [-0.05, 0) is 112 Å². The summed E-state index contributed by atoms with van der Waals surface area (Å²) in [5.74, 6) is 1.70.